The van der Waals surface area contributed by atoms with Crippen molar-refractivity contribution in [3.05, 3.63) is 0 Å². The summed E-state index contributed by atoms with van der Waals surface area (Å²) in [7, 11) is 1.56. The fraction of sp³-hybridized carbons (Fsp3) is 0.867. The number of halogens is 2. The van der Waals surface area contributed by atoms with E-state index in [0.29, 0.717) is 27.9 Å². The summed E-state index contributed by atoms with van der Waals surface area (Å²) < 4.78 is 0. The Bertz CT molecular complexity index is 250. The Labute approximate surface area is 141 Å². The maximum Gasteiger partial charge on any atom is 0.120 e. The van der Waals surface area contributed by atoms with Gasteiger partial charge in [0.25, 0.3) is 0 Å². The first-order valence-electron chi connectivity index (χ1n) is 7.21. The van der Waals surface area contributed by atoms with Crippen LogP contribution in [0.2, 0.25) is 0 Å². The molecule has 0 heterocycles. The summed E-state index contributed by atoms with van der Waals surface area (Å²) in [5.41, 5.74) is 0. The van der Waals surface area contributed by atoms with Crippen LogP contribution in [0.4, 0.5) is 0 Å². The molecule has 0 aliphatic heterocycles. The van der Waals surface area contributed by atoms with Gasteiger partial charge in [-0.2, -0.15) is 0 Å². The molecule has 0 amide bonds. The average molecular weight is 415 g/mol. The normalized spacial score (nSPS) is 16.8. The number of nitrogens with zero attached hydrogens (tertiary/aromatic N) is 1. The first-order valence-corrected chi connectivity index (χ1v) is 9.04. The number of alkyl halides is 2. The summed E-state index contributed by atoms with van der Waals surface area (Å²) in [5, 5.41) is 3.68. The monoisotopic (exact) mass is 413 g/mol. The third-order valence-corrected chi connectivity index (χ3v) is 6.24. The lowest BCUT2D eigenvalue weighted by Gasteiger charge is -2.13. The van der Waals surface area contributed by atoms with Crippen LogP contribution >= 0.6 is 31.9 Å². The number of hydrogen-bond donors (Lipinski definition) is 0. The summed E-state index contributed by atoms with van der Waals surface area (Å²) in [4.78, 5) is 15.7. The molecule has 0 aliphatic rings. The Kier molecular flexibility index (Phi) is 17.3. The highest BCUT2D eigenvalue weighted by molar-refractivity contribution is 9.09. The molecule has 0 bridgehead atoms. The van der Waals surface area contributed by atoms with Crippen molar-refractivity contribution in [3.63, 3.8) is 0 Å². The van der Waals surface area contributed by atoms with Crippen molar-refractivity contribution in [2.75, 3.05) is 7.11 Å². The zero-order valence-electron chi connectivity index (χ0n) is 13.3. The average Bonchev–Trinajstić information content (AvgIpc) is 2.46. The predicted molar refractivity (Wildman–Crippen MR) is 95.1 cm³/mol. The Hall–Kier alpha value is 0.1000. The Balaban J connectivity index is 0. The van der Waals surface area contributed by atoms with Gasteiger partial charge in [0.05, 0.1) is 0 Å². The standard InChI is InChI=1S/C8H16BrNO.C7H13BrO/c1-4-8(9)7(2)5-6-10-11-3;1-3-7(8)6(2)4-5-9/h6-8H,4-5H2,1-3H3;5-7H,3-4H2,1-2H3/t7-,8-;6-,7-/m00/s1. The predicted octanol–water partition coefficient (Wildman–Crippen LogP) is 5.20. The molecule has 0 saturated heterocycles. The second kappa shape index (κ2) is 15.5. The van der Waals surface area contributed by atoms with Gasteiger partial charge >= 0.3 is 0 Å². The Morgan fingerprint density at radius 1 is 1.05 bits per heavy atom. The van der Waals surface area contributed by atoms with Crippen molar-refractivity contribution in [1.82, 2.24) is 0 Å². The van der Waals surface area contributed by atoms with Gasteiger partial charge < -0.3 is 9.63 Å². The van der Waals surface area contributed by atoms with Crippen molar-refractivity contribution in [1.29, 1.82) is 0 Å². The highest BCUT2D eigenvalue weighted by atomic mass is 79.9. The van der Waals surface area contributed by atoms with E-state index in [1.165, 1.54) is 0 Å². The fourth-order valence-corrected chi connectivity index (χ4v) is 1.97. The maximum absolute atomic E-state index is 10.0. The van der Waals surface area contributed by atoms with Crippen LogP contribution in [0.25, 0.3) is 0 Å². The van der Waals surface area contributed by atoms with Gasteiger partial charge in [-0.25, -0.2) is 0 Å². The topological polar surface area (TPSA) is 38.7 Å². The lowest BCUT2D eigenvalue weighted by atomic mass is 10.0. The first-order chi connectivity index (χ1) is 9.44. The molecule has 0 fully saturated rings. The molecule has 0 aromatic heterocycles. The van der Waals surface area contributed by atoms with Gasteiger partial charge in [-0.05, 0) is 31.1 Å². The van der Waals surface area contributed by atoms with Crippen molar-refractivity contribution in [2.24, 2.45) is 17.0 Å². The van der Waals surface area contributed by atoms with E-state index in [1.54, 1.807) is 7.11 Å². The second-order valence-corrected chi connectivity index (χ2v) is 7.26. The first kappa shape index (κ1) is 22.4. The highest BCUT2D eigenvalue weighted by Gasteiger charge is 2.10. The van der Waals surface area contributed by atoms with Gasteiger partial charge in [0.2, 0.25) is 0 Å². The Morgan fingerprint density at radius 3 is 1.85 bits per heavy atom. The summed E-state index contributed by atoms with van der Waals surface area (Å²) in [6, 6.07) is 0. The number of hydrogen-bond acceptors (Lipinski definition) is 3. The minimum Gasteiger partial charge on any atom is -0.399 e. The maximum atomic E-state index is 10.0. The fourth-order valence-electron chi connectivity index (χ4n) is 1.54. The highest BCUT2D eigenvalue weighted by Crippen LogP contribution is 2.18. The molecule has 4 atom stereocenters. The molecule has 120 valence electrons. The molecule has 0 saturated carbocycles. The molecule has 0 aromatic rings. The summed E-state index contributed by atoms with van der Waals surface area (Å²) in [6.45, 7) is 8.56. The third-order valence-electron chi connectivity index (χ3n) is 3.14. The second-order valence-electron chi connectivity index (χ2n) is 4.91. The molecule has 3 nitrogen and oxygen atoms in total. The van der Waals surface area contributed by atoms with Gasteiger partial charge in [0.15, 0.2) is 0 Å². The van der Waals surface area contributed by atoms with Crippen LogP contribution in [0, 0.1) is 11.8 Å². The summed E-state index contributed by atoms with van der Waals surface area (Å²) in [5.74, 6) is 1.10. The van der Waals surface area contributed by atoms with Crippen LogP contribution in [0.1, 0.15) is 53.4 Å². The van der Waals surface area contributed by atoms with Gasteiger partial charge in [0, 0.05) is 22.3 Å². The quantitative estimate of drug-likeness (QED) is 0.225. The summed E-state index contributed by atoms with van der Waals surface area (Å²) in [6.07, 6.45) is 6.68. The van der Waals surface area contributed by atoms with Crippen LogP contribution in [0.5, 0.6) is 0 Å². The van der Waals surface area contributed by atoms with E-state index in [1.807, 2.05) is 6.21 Å². The third kappa shape index (κ3) is 13.1. The zero-order chi connectivity index (χ0) is 16.0. The van der Waals surface area contributed by atoms with Crippen LogP contribution in [-0.2, 0) is 9.63 Å². The van der Waals surface area contributed by atoms with Gasteiger partial charge in [-0.1, -0.05) is 64.7 Å². The van der Waals surface area contributed by atoms with Gasteiger partial charge in [-0.15, -0.1) is 0 Å². The molecular weight excluding hydrogens is 386 g/mol. The van der Waals surface area contributed by atoms with Crippen molar-refractivity contribution >= 4 is 44.4 Å². The largest absolute Gasteiger partial charge is 0.399 e. The van der Waals surface area contributed by atoms with Crippen molar-refractivity contribution in [3.8, 4) is 0 Å². The summed E-state index contributed by atoms with van der Waals surface area (Å²) >= 11 is 7.08. The van der Waals surface area contributed by atoms with Crippen molar-refractivity contribution in [2.45, 2.75) is 63.0 Å². The van der Waals surface area contributed by atoms with Gasteiger partial charge in [-0.3, -0.25) is 0 Å². The minimum atomic E-state index is 0.479. The van der Waals surface area contributed by atoms with E-state index >= 15 is 0 Å². The van der Waals surface area contributed by atoms with E-state index in [9.17, 15) is 4.79 Å². The van der Waals surface area contributed by atoms with E-state index in [2.05, 4.69) is 69.5 Å². The number of rotatable bonds is 9. The minimum absolute atomic E-state index is 0.479. The molecule has 0 spiro atoms. The Morgan fingerprint density at radius 2 is 1.50 bits per heavy atom. The van der Waals surface area contributed by atoms with E-state index in [0.717, 1.165) is 25.5 Å². The van der Waals surface area contributed by atoms with E-state index in [4.69, 9.17) is 0 Å². The van der Waals surface area contributed by atoms with E-state index in [-0.39, 0.29) is 0 Å². The molecule has 0 N–H and O–H groups in total. The molecule has 0 radical (unpaired) electrons. The van der Waals surface area contributed by atoms with Gasteiger partial charge in [0.1, 0.15) is 13.4 Å². The SMILES string of the molecule is CC[C@H](Br)[C@@H](C)CC=NOC.CC[C@H](Br)[C@@H](C)CC=O. The number of carbonyl (C=O) groups excluding carboxylic acids is 1. The molecule has 20 heavy (non-hydrogen) atoms. The molecule has 0 aromatic carbocycles. The van der Waals surface area contributed by atoms with Crippen LogP contribution < -0.4 is 0 Å². The van der Waals surface area contributed by atoms with E-state index < -0.39 is 0 Å². The number of carbonyl (C=O) groups is 1. The number of oxime groups is 1. The smallest absolute Gasteiger partial charge is 0.120 e. The van der Waals surface area contributed by atoms with Crippen molar-refractivity contribution < 1.29 is 9.63 Å². The lowest BCUT2D eigenvalue weighted by molar-refractivity contribution is -0.108. The molecule has 5 heteroatoms. The number of aldehydes is 1. The zero-order valence-corrected chi connectivity index (χ0v) is 16.5. The molecule has 0 unspecified atom stereocenters. The van der Waals surface area contributed by atoms with Crippen LogP contribution in [0.15, 0.2) is 5.16 Å². The molecule has 0 rings (SSSR count). The lowest BCUT2D eigenvalue weighted by Crippen LogP contribution is -2.09. The molecular formula is C15H29Br2NO2. The van der Waals surface area contributed by atoms with Crippen LogP contribution in [0.3, 0.4) is 0 Å². The van der Waals surface area contributed by atoms with Crippen LogP contribution in [-0.4, -0.2) is 29.3 Å². The molecule has 0 aliphatic carbocycles.